The molecule has 0 spiro atoms. The highest BCUT2D eigenvalue weighted by Gasteiger charge is 2.01. The number of hydrogen-bond donors (Lipinski definition) is 2. The number of allylic oxidation sites excluding steroid dienone is 3. The molecule has 0 saturated carbocycles. The van der Waals surface area contributed by atoms with E-state index in [1.807, 2.05) is 0 Å². The second-order valence-electron chi connectivity index (χ2n) is 4.56. The Labute approximate surface area is 122 Å². The molecule has 114 valence electrons. The van der Waals surface area contributed by atoms with E-state index in [0.717, 1.165) is 23.5 Å². The Morgan fingerprint density at radius 3 is 2.33 bits per heavy atom. The number of unbranched alkanes of at least 4 members (excludes halogenated alkanes) is 3. The Morgan fingerprint density at radius 2 is 1.71 bits per heavy atom. The molecule has 1 aliphatic rings. The van der Waals surface area contributed by atoms with Crippen LogP contribution in [-0.2, 0) is 9.59 Å². The molecule has 0 unspecified atom stereocenters. The number of azo groups is 1. The molecule has 1 heterocycles. The fourth-order valence-electron chi connectivity index (χ4n) is 1.63. The molecule has 7 nitrogen and oxygen atoms in total. The van der Waals surface area contributed by atoms with E-state index in [1.165, 1.54) is 18.6 Å². The number of rotatable bonds is 8. The van der Waals surface area contributed by atoms with Crippen molar-refractivity contribution in [3.8, 4) is 0 Å². The average Bonchev–Trinajstić information content (AvgIpc) is 2.44. The fourth-order valence-corrected chi connectivity index (χ4v) is 1.63. The molecule has 0 aromatic heterocycles. The largest absolute Gasteiger partial charge is 0.481 e. The maximum absolute atomic E-state index is 11.4. The maximum Gasteiger partial charge on any atom is 0.303 e. The standard InChI is InChI=1S/C14H19N3O4/c18-13(5-3-1-2-4-6-14(19)20)16-15-11-12-7-9-17(21)10-8-12/h7-11,21H,1-6H2,(H,19,20). The van der Waals surface area contributed by atoms with Gasteiger partial charge in [0.1, 0.15) is 0 Å². The maximum atomic E-state index is 11.4. The van der Waals surface area contributed by atoms with E-state index < -0.39 is 5.97 Å². The van der Waals surface area contributed by atoms with Gasteiger partial charge in [0, 0.05) is 25.2 Å². The number of nitrogens with zero attached hydrogens (tertiary/aromatic N) is 3. The van der Waals surface area contributed by atoms with Crippen LogP contribution in [0.3, 0.4) is 0 Å². The molecular formula is C14H19N3O4. The Balaban J connectivity index is 2.15. The van der Waals surface area contributed by atoms with Crippen molar-refractivity contribution in [1.82, 2.24) is 5.06 Å². The summed E-state index contributed by atoms with van der Waals surface area (Å²) >= 11 is 0. The predicted octanol–water partition coefficient (Wildman–Crippen LogP) is 3.01. The first kappa shape index (κ1) is 16.8. The summed E-state index contributed by atoms with van der Waals surface area (Å²) in [5.41, 5.74) is 0.727. The summed E-state index contributed by atoms with van der Waals surface area (Å²) in [5.74, 6) is -1.08. The molecule has 0 fully saturated rings. The third-order valence-corrected chi connectivity index (χ3v) is 2.75. The molecule has 2 N–H and O–H groups in total. The average molecular weight is 293 g/mol. The molecule has 7 heteroatoms. The van der Waals surface area contributed by atoms with E-state index in [2.05, 4.69) is 10.2 Å². The van der Waals surface area contributed by atoms with Gasteiger partial charge < -0.3 is 5.11 Å². The van der Waals surface area contributed by atoms with Gasteiger partial charge in [-0.05, 0) is 30.6 Å². The van der Waals surface area contributed by atoms with Crippen molar-refractivity contribution >= 4 is 11.9 Å². The second-order valence-corrected chi connectivity index (χ2v) is 4.56. The van der Waals surface area contributed by atoms with E-state index in [-0.39, 0.29) is 12.3 Å². The molecular weight excluding hydrogens is 274 g/mol. The van der Waals surface area contributed by atoms with Crippen LogP contribution in [0.15, 0.2) is 46.6 Å². The molecule has 21 heavy (non-hydrogen) atoms. The van der Waals surface area contributed by atoms with Crippen LogP contribution in [0.4, 0.5) is 0 Å². The predicted molar refractivity (Wildman–Crippen MR) is 75.2 cm³/mol. The highest BCUT2D eigenvalue weighted by atomic mass is 16.5. The highest BCUT2D eigenvalue weighted by molar-refractivity contribution is 5.76. The van der Waals surface area contributed by atoms with E-state index in [0.29, 0.717) is 19.3 Å². The van der Waals surface area contributed by atoms with Crippen LogP contribution >= 0.6 is 0 Å². The molecule has 1 amide bonds. The molecule has 0 aromatic rings. The van der Waals surface area contributed by atoms with Gasteiger partial charge in [0.2, 0.25) is 0 Å². The summed E-state index contributed by atoms with van der Waals surface area (Å²) in [4.78, 5) is 21.7. The van der Waals surface area contributed by atoms with Gasteiger partial charge in [-0.1, -0.05) is 12.8 Å². The molecule has 0 bridgehead atoms. The zero-order valence-corrected chi connectivity index (χ0v) is 11.7. The third kappa shape index (κ3) is 8.48. The van der Waals surface area contributed by atoms with Crippen LogP contribution in [0.25, 0.3) is 0 Å². The van der Waals surface area contributed by atoms with E-state index in [4.69, 9.17) is 10.3 Å². The number of carboxylic acids is 1. The van der Waals surface area contributed by atoms with Crippen molar-refractivity contribution in [1.29, 1.82) is 0 Å². The van der Waals surface area contributed by atoms with Crippen LogP contribution in [-0.4, -0.2) is 27.3 Å². The summed E-state index contributed by atoms with van der Waals surface area (Å²) in [7, 11) is 0. The Morgan fingerprint density at radius 1 is 1.10 bits per heavy atom. The lowest BCUT2D eigenvalue weighted by atomic mass is 10.1. The van der Waals surface area contributed by atoms with Gasteiger partial charge in [-0.2, -0.15) is 5.11 Å². The van der Waals surface area contributed by atoms with E-state index in [9.17, 15) is 9.59 Å². The van der Waals surface area contributed by atoms with Crippen molar-refractivity contribution in [3.05, 3.63) is 36.3 Å². The number of hydroxylamine groups is 2. The summed E-state index contributed by atoms with van der Waals surface area (Å²) < 4.78 is 0. The SMILES string of the molecule is O=C(O)CCCCCCC(=O)N=NC=C1C=CN(O)C=C1. The minimum atomic E-state index is -0.789. The first-order chi connectivity index (χ1) is 10.1. The van der Waals surface area contributed by atoms with Gasteiger partial charge in [0.05, 0.1) is 6.20 Å². The first-order valence-electron chi connectivity index (χ1n) is 6.77. The summed E-state index contributed by atoms with van der Waals surface area (Å²) in [6.45, 7) is 0. The summed E-state index contributed by atoms with van der Waals surface area (Å²) in [6.07, 6.45) is 11.0. The fraction of sp³-hybridized carbons (Fsp3) is 0.429. The molecule has 0 radical (unpaired) electrons. The first-order valence-corrected chi connectivity index (χ1v) is 6.77. The van der Waals surface area contributed by atoms with Gasteiger partial charge in [-0.15, -0.1) is 5.11 Å². The highest BCUT2D eigenvalue weighted by Crippen LogP contribution is 2.08. The third-order valence-electron chi connectivity index (χ3n) is 2.75. The quantitative estimate of drug-likeness (QED) is 0.529. The summed E-state index contributed by atoms with van der Waals surface area (Å²) in [6, 6.07) is 0. The normalized spacial score (nSPS) is 14.0. The molecule has 0 aliphatic carbocycles. The monoisotopic (exact) mass is 293 g/mol. The van der Waals surface area contributed by atoms with Crippen LogP contribution in [0.5, 0.6) is 0 Å². The minimum Gasteiger partial charge on any atom is -0.481 e. The van der Waals surface area contributed by atoms with E-state index in [1.54, 1.807) is 12.2 Å². The van der Waals surface area contributed by atoms with Gasteiger partial charge >= 0.3 is 5.97 Å². The van der Waals surface area contributed by atoms with Crippen molar-refractivity contribution in [2.45, 2.75) is 38.5 Å². The molecule has 0 saturated heterocycles. The number of carbonyl (C=O) groups excluding carboxylic acids is 1. The molecule has 1 aliphatic heterocycles. The minimum absolute atomic E-state index is 0.174. The Bertz CT molecular complexity index is 465. The lowest BCUT2D eigenvalue weighted by Gasteiger charge is -2.08. The van der Waals surface area contributed by atoms with Crippen LogP contribution < -0.4 is 0 Å². The van der Waals surface area contributed by atoms with Crippen molar-refractivity contribution < 1.29 is 19.9 Å². The summed E-state index contributed by atoms with van der Waals surface area (Å²) in [5, 5.41) is 25.6. The van der Waals surface area contributed by atoms with Gasteiger partial charge in [0.25, 0.3) is 5.91 Å². The Hall–Kier alpha value is -2.28. The van der Waals surface area contributed by atoms with Crippen LogP contribution in [0, 0.1) is 0 Å². The number of amides is 1. The van der Waals surface area contributed by atoms with Gasteiger partial charge in [0.15, 0.2) is 0 Å². The molecule has 0 atom stereocenters. The second kappa shape index (κ2) is 9.60. The van der Waals surface area contributed by atoms with Gasteiger partial charge in [-0.25, -0.2) is 5.06 Å². The van der Waals surface area contributed by atoms with Gasteiger partial charge in [-0.3, -0.25) is 14.8 Å². The number of carboxylic acid groups (broad SMARTS) is 1. The molecule has 1 rings (SSSR count). The zero-order valence-electron chi connectivity index (χ0n) is 11.7. The van der Waals surface area contributed by atoms with Crippen molar-refractivity contribution in [2.75, 3.05) is 0 Å². The Kier molecular flexibility index (Phi) is 7.67. The number of aliphatic carboxylic acids is 1. The van der Waals surface area contributed by atoms with E-state index >= 15 is 0 Å². The lowest BCUT2D eigenvalue weighted by Crippen LogP contribution is -2.03. The number of carbonyl (C=O) groups is 2. The number of hydrogen-bond acceptors (Lipinski definition) is 5. The zero-order chi connectivity index (χ0) is 15.5. The van der Waals surface area contributed by atoms with Crippen molar-refractivity contribution in [3.63, 3.8) is 0 Å². The lowest BCUT2D eigenvalue weighted by molar-refractivity contribution is -0.137. The van der Waals surface area contributed by atoms with Crippen LogP contribution in [0.2, 0.25) is 0 Å². The van der Waals surface area contributed by atoms with Crippen molar-refractivity contribution in [2.24, 2.45) is 10.2 Å². The molecule has 0 aromatic carbocycles. The smallest absolute Gasteiger partial charge is 0.303 e. The van der Waals surface area contributed by atoms with Crippen LogP contribution in [0.1, 0.15) is 38.5 Å². The topological polar surface area (TPSA) is 103 Å².